The Morgan fingerprint density at radius 2 is 1.71 bits per heavy atom. The van der Waals surface area contributed by atoms with E-state index in [1.54, 1.807) is 36.1 Å². The lowest BCUT2D eigenvalue weighted by atomic mass is 10.3. The number of ketones is 1. The molecule has 0 fully saturated rings. The Morgan fingerprint density at radius 1 is 1.06 bits per heavy atom. The summed E-state index contributed by atoms with van der Waals surface area (Å²) in [5.74, 6) is -0.234. The van der Waals surface area contributed by atoms with Crippen molar-refractivity contribution in [2.75, 3.05) is 0 Å². The van der Waals surface area contributed by atoms with Crippen molar-refractivity contribution in [3.8, 4) is 0 Å². The molecule has 5 heterocycles. The number of nitrogens with one attached hydrogen (secondary N) is 2. The number of carbonyl (C=O) groups excluding carboxylic acids is 1. The van der Waals surface area contributed by atoms with Crippen LogP contribution in [0.3, 0.4) is 0 Å². The first-order chi connectivity index (χ1) is 16.5. The molecule has 5 rings (SSSR count). The van der Waals surface area contributed by atoms with Gasteiger partial charge in [0.1, 0.15) is 11.2 Å². The Kier molecular flexibility index (Phi) is 9.87. The molecule has 0 saturated carbocycles. The fourth-order valence-corrected chi connectivity index (χ4v) is 4.09. The van der Waals surface area contributed by atoms with Crippen LogP contribution in [0.4, 0.5) is 0 Å². The number of hydrogen-bond acceptors (Lipinski definition) is 7. The molecular weight excluding hydrogens is 452 g/mol. The van der Waals surface area contributed by atoms with Gasteiger partial charge in [-0.2, -0.15) is 15.3 Å². The average molecular weight is 485 g/mol. The Bertz CT molecular complexity index is 1360. The van der Waals surface area contributed by atoms with Crippen LogP contribution in [-0.2, 0) is 13.6 Å². The first-order valence-electron chi connectivity index (χ1n) is 11.4. The van der Waals surface area contributed by atoms with Crippen LogP contribution in [0.2, 0.25) is 0 Å². The summed E-state index contributed by atoms with van der Waals surface area (Å²) in [6, 6.07) is 3.39. The van der Waals surface area contributed by atoms with Gasteiger partial charge in [-0.15, -0.1) is 11.3 Å². The predicted molar refractivity (Wildman–Crippen MR) is 137 cm³/mol. The molecule has 0 saturated heterocycles. The molecule has 182 valence electrons. The van der Waals surface area contributed by atoms with E-state index in [2.05, 4.69) is 44.3 Å². The summed E-state index contributed by atoms with van der Waals surface area (Å²) in [4.78, 5) is 29.8. The molecule has 0 aliphatic rings. The summed E-state index contributed by atoms with van der Waals surface area (Å²) >= 11 is 1.24. The number of aromatic nitrogens is 8. The summed E-state index contributed by atoms with van der Waals surface area (Å²) in [5.41, 5.74) is 2.01. The quantitative estimate of drug-likeness (QED) is 0.361. The number of hydrogen-bond donors (Lipinski definition) is 2. The number of aromatic amines is 2. The zero-order valence-electron chi connectivity index (χ0n) is 20.7. The van der Waals surface area contributed by atoms with Crippen LogP contribution in [0.25, 0.3) is 21.3 Å². The van der Waals surface area contributed by atoms with Crippen molar-refractivity contribution in [3.05, 3.63) is 57.5 Å². The van der Waals surface area contributed by atoms with Crippen molar-refractivity contribution in [3.63, 3.8) is 0 Å². The van der Waals surface area contributed by atoms with Gasteiger partial charge < -0.3 is 4.57 Å². The minimum absolute atomic E-state index is 0.226. The van der Waals surface area contributed by atoms with Gasteiger partial charge in [0.05, 0.1) is 23.1 Å². The zero-order chi connectivity index (χ0) is 25.3. The van der Waals surface area contributed by atoms with Crippen molar-refractivity contribution < 1.29 is 4.79 Å². The molecule has 10 nitrogen and oxygen atoms in total. The molecule has 0 radical (unpaired) electrons. The van der Waals surface area contributed by atoms with Gasteiger partial charge in [-0.25, -0.2) is 9.67 Å². The number of rotatable bonds is 4. The minimum Gasteiger partial charge on any atom is -0.323 e. The van der Waals surface area contributed by atoms with E-state index in [-0.39, 0.29) is 11.3 Å². The molecular formula is C23H32N8O2S. The monoisotopic (exact) mass is 484 g/mol. The Hall–Kier alpha value is -3.60. The van der Waals surface area contributed by atoms with Crippen LogP contribution in [0.15, 0.2) is 35.5 Å². The van der Waals surface area contributed by atoms with Crippen molar-refractivity contribution in [2.45, 2.75) is 54.5 Å². The molecule has 0 aromatic carbocycles. The molecule has 2 N–H and O–H groups in total. The highest BCUT2D eigenvalue weighted by molar-refractivity contribution is 7.21. The van der Waals surface area contributed by atoms with E-state index in [9.17, 15) is 9.59 Å². The second-order valence-electron chi connectivity index (χ2n) is 6.69. The van der Waals surface area contributed by atoms with Crippen molar-refractivity contribution in [2.24, 2.45) is 7.05 Å². The summed E-state index contributed by atoms with van der Waals surface area (Å²) in [6.07, 6.45) is 6.03. The maximum Gasteiger partial charge on any atom is 0.291 e. The lowest BCUT2D eigenvalue weighted by Gasteiger charge is -2.03. The van der Waals surface area contributed by atoms with Crippen LogP contribution in [0.1, 0.15) is 69.2 Å². The van der Waals surface area contributed by atoms with Gasteiger partial charge >= 0.3 is 0 Å². The highest BCUT2D eigenvalue weighted by atomic mass is 32.1. The molecule has 0 amide bonds. The second-order valence-corrected chi connectivity index (χ2v) is 7.69. The zero-order valence-corrected chi connectivity index (χ0v) is 21.5. The fraction of sp³-hybridized carbons (Fsp3) is 0.391. The predicted octanol–water partition coefficient (Wildman–Crippen LogP) is 4.54. The number of nitrogens with zero attached hydrogens (tertiary/aromatic N) is 6. The Balaban J connectivity index is 0.000000531. The van der Waals surface area contributed by atoms with E-state index in [0.717, 1.165) is 10.4 Å². The van der Waals surface area contributed by atoms with Gasteiger partial charge in [0, 0.05) is 24.8 Å². The molecule has 0 aliphatic carbocycles. The van der Waals surface area contributed by atoms with Gasteiger partial charge in [0.15, 0.2) is 10.7 Å². The molecule has 0 bridgehead atoms. The molecule has 0 unspecified atom stereocenters. The SMILES string of the molecule is CC.CC.CCC.Cn1c2nc(C(=O)c3ccn[nH]3)sc2c2cnn(Cc3ccn[nH]3)c(=O)c21. The molecule has 0 spiro atoms. The summed E-state index contributed by atoms with van der Waals surface area (Å²) in [7, 11) is 1.76. The minimum atomic E-state index is -0.234. The summed E-state index contributed by atoms with van der Waals surface area (Å²) in [5, 5.41) is 18.4. The van der Waals surface area contributed by atoms with Gasteiger partial charge in [-0.3, -0.25) is 19.8 Å². The molecule has 0 atom stereocenters. The third-order valence-electron chi connectivity index (χ3n) is 4.34. The van der Waals surface area contributed by atoms with Crippen LogP contribution >= 0.6 is 11.3 Å². The molecule has 5 aromatic rings. The van der Waals surface area contributed by atoms with Crippen molar-refractivity contribution >= 4 is 38.4 Å². The van der Waals surface area contributed by atoms with Gasteiger partial charge in [0.2, 0.25) is 5.78 Å². The standard InChI is InChI=1S/C16H12N8O2S.C3H8.2C2H6/c1-23-11-9(6-19-24(16(11)26)7-8-2-4-17-21-8)13-14(23)20-15(27-13)12(25)10-3-5-18-22-10;1-3-2;2*1-2/h2-6H,7H2,1H3,(H,17,21)(H,18,22);3H2,1-2H3;2*1-2H3. The van der Waals surface area contributed by atoms with E-state index < -0.39 is 0 Å². The number of carbonyl (C=O) groups is 1. The lowest BCUT2D eigenvalue weighted by molar-refractivity contribution is 0.103. The first kappa shape index (κ1) is 26.7. The van der Waals surface area contributed by atoms with Crippen LogP contribution in [0.5, 0.6) is 0 Å². The van der Waals surface area contributed by atoms with Crippen LogP contribution in [0, 0.1) is 0 Å². The second kappa shape index (κ2) is 12.6. The lowest BCUT2D eigenvalue weighted by Crippen LogP contribution is -2.24. The van der Waals surface area contributed by atoms with Gasteiger partial charge in [-0.1, -0.05) is 48.0 Å². The Morgan fingerprint density at radius 3 is 2.29 bits per heavy atom. The van der Waals surface area contributed by atoms with Gasteiger partial charge in [0.25, 0.3) is 5.56 Å². The fourth-order valence-electron chi connectivity index (χ4n) is 3.03. The number of H-pyrrole nitrogens is 2. The average Bonchev–Trinajstić information content (AvgIpc) is 3.66. The number of thiazole rings is 1. The summed E-state index contributed by atoms with van der Waals surface area (Å²) < 4.78 is 3.84. The van der Waals surface area contributed by atoms with Crippen LogP contribution in [-0.4, -0.2) is 45.5 Å². The van der Waals surface area contributed by atoms with Crippen molar-refractivity contribution in [1.82, 2.24) is 39.7 Å². The van der Waals surface area contributed by atoms with E-state index in [0.29, 0.717) is 33.8 Å². The number of aryl methyl sites for hydroxylation is 1. The first-order valence-corrected chi connectivity index (χ1v) is 12.2. The van der Waals surface area contributed by atoms with E-state index in [1.165, 1.54) is 28.6 Å². The van der Waals surface area contributed by atoms with Gasteiger partial charge in [-0.05, 0) is 12.1 Å². The smallest absolute Gasteiger partial charge is 0.291 e. The molecule has 11 heteroatoms. The van der Waals surface area contributed by atoms with Crippen molar-refractivity contribution in [1.29, 1.82) is 0 Å². The highest BCUT2D eigenvalue weighted by Gasteiger charge is 2.22. The molecule has 5 aromatic heterocycles. The maximum absolute atomic E-state index is 12.9. The van der Waals surface area contributed by atoms with E-state index in [1.807, 2.05) is 27.7 Å². The summed E-state index contributed by atoms with van der Waals surface area (Å²) in [6.45, 7) is 12.5. The third-order valence-corrected chi connectivity index (χ3v) is 5.42. The van der Waals surface area contributed by atoms with E-state index in [4.69, 9.17) is 0 Å². The highest BCUT2D eigenvalue weighted by Crippen LogP contribution is 2.31. The normalized spacial score (nSPS) is 10.1. The third kappa shape index (κ3) is 5.30. The number of fused-ring (bicyclic) bond motifs is 3. The molecule has 0 aliphatic heterocycles. The van der Waals surface area contributed by atoms with E-state index >= 15 is 0 Å². The van der Waals surface area contributed by atoms with Crippen LogP contribution < -0.4 is 5.56 Å². The maximum atomic E-state index is 12.9. The topological polar surface area (TPSA) is 127 Å². The Labute approximate surface area is 202 Å². The largest absolute Gasteiger partial charge is 0.323 e. The molecule has 34 heavy (non-hydrogen) atoms.